The lowest BCUT2D eigenvalue weighted by atomic mass is 10.1. The van der Waals surface area contributed by atoms with Gasteiger partial charge in [0, 0.05) is 44.7 Å². The highest BCUT2D eigenvalue weighted by molar-refractivity contribution is 5.93. The van der Waals surface area contributed by atoms with Crippen molar-refractivity contribution in [3.05, 3.63) is 18.5 Å². The van der Waals surface area contributed by atoms with Crippen LogP contribution in [0, 0.1) is 0 Å². The number of nitrogens with one attached hydrogen (secondary N) is 1. The number of likely N-dealkylation sites (tertiary alicyclic amines) is 1. The number of amides is 1. The van der Waals surface area contributed by atoms with Crippen molar-refractivity contribution in [1.29, 1.82) is 0 Å². The van der Waals surface area contributed by atoms with Crippen LogP contribution in [-0.2, 0) is 16.6 Å². The average Bonchev–Trinajstić information content (AvgIpc) is 3.13. The van der Waals surface area contributed by atoms with Gasteiger partial charge in [-0.15, -0.1) is 0 Å². The number of pyridine rings is 1. The van der Waals surface area contributed by atoms with Crippen molar-refractivity contribution in [2.45, 2.75) is 31.3 Å². The third-order valence-electron chi connectivity index (χ3n) is 4.84. The fourth-order valence-electron chi connectivity index (χ4n) is 3.56. The molecule has 0 saturated carbocycles. The molecule has 7 heteroatoms. The molecule has 0 radical (unpaired) electrons. The predicted molar refractivity (Wildman–Crippen MR) is 86.1 cm³/mol. The van der Waals surface area contributed by atoms with Crippen LogP contribution in [0.15, 0.2) is 18.5 Å². The minimum atomic E-state index is -0.163. The topological polar surface area (TPSA) is 72.3 Å². The quantitative estimate of drug-likeness (QED) is 0.920. The summed E-state index contributed by atoms with van der Waals surface area (Å²) in [5.74, 6) is 0.200. The van der Waals surface area contributed by atoms with Crippen molar-refractivity contribution in [2.75, 3.05) is 25.1 Å². The van der Waals surface area contributed by atoms with Gasteiger partial charge in [-0.3, -0.25) is 9.48 Å². The summed E-state index contributed by atoms with van der Waals surface area (Å²) >= 11 is 0. The number of ether oxygens (including phenoxy) is 1. The lowest BCUT2D eigenvalue weighted by Crippen LogP contribution is -2.43. The molecular weight excluding hydrogens is 294 g/mol. The zero-order valence-electron chi connectivity index (χ0n) is 13.2. The van der Waals surface area contributed by atoms with Crippen LogP contribution in [0.1, 0.15) is 19.3 Å². The largest absolute Gasteiger partial charge is 0.381 e. The van der Waals surface area contributed by atoms with Gasteiger partial charge in [0.05, 0.1) is 11.6 Å². The fourth-order valence-corrected chi connectivity index (χ4v) is 3.56. The molecule has 122 valence electrons. The molecule has 7 nitrogen and oxygen atoms in total. The van der Waals surface area contributed by atoms with Crippen LogP contribution in [0.5, 0.6) is 0 Å². The van der Waals surface area contributed by atoms with E-state index in [9.17, 15) is 4.79 Å². The maximum Gasteiger partial charge on any atom is 0.245 e. The van der Waals surface area contributed by atoms with Crippen LogP contribution in [0.2, 0.25) is 0 Å². The number of carbonyl (C=O) groups is 1. The van der Waals surface area contributed by atoms with E-state index in [0.29, 0.717) is 6.04 Å². The number of nitrogens with zero attached hydrogens (tertiary/aromatic N) is 4. The van der Waals surface area contributed by atoms with E-state index in [0.717, 1.165) is 55.7 Å². The molecule has 1 N–H and O–H groups in total. The molecule has 1 amide bonds. The zero-order valence-corrected chi connectivity index (χ0v) is 13.2. The van der Waals surface area contributed by atoms with Gasteiger partial charge in [0.2, 0.25) is 5.91 Å². The summed E-state index contributed by atoms with van der Waals surface area (Å²) in [7, 11) is 1.87. The molecular formula is C16H21N5O2. The molecule has 2 aliphatic rings. The summed E-state index contributed by atoms with van der Waals surface area (Å²) in [6.45, 7) is 2.34. The highest BCUT2D eigenvalue weighted by atomic mass is 16.5. The van der Waals surface area contributed by atoms with Gasteiger partial charge in [-0.25, -0.2) is 4.98 Å². The zero-order chi connectivity index (χ0) is 15.8. The molecule has 2 aromatic heterocycles. The number of aromatic nitrogens is 3. The third kappa shape index (κ3) is 2.55. The van der Waals surface area contributed by atoms with Crippen LogP contribution in [0.4, 0.5) is 5.69 Å². The summed E-state index contributed by atoms with van der Waals surface area (Å²) in [6, 6.07) is 2.08. The van der Waals surface area contributed by atoms with E-state index >= 15 is 0 Å². The summed E-state index contributed by atoms with van der Waals surface area (Å²) in [4.78, 5) is 19.1. The molecule has 2 aliphatic heterocycles. The second kappa shape index (κ2) is 5.81. The molecule has 2 aromatic rings. The first-order valence-electron chi connectivity index (χ1n) is 8.15. The molecule has 0 bridgehead atoms. The van der Waals surface area contributed by atoms with E-state index in [1.165, 1.54) is 0 Å². The van der Waals surface area contributed by atoms with Crippen LogP contribution in [-0.4, -0.2) is 57.4 Å². The Morgan fingerprint density at radius 1 is 1.30 bits per heavy atom. The van der Waals surface area contributed by atoms with Crippen molar-refractivity contribution in [3.63, 3.8) is 0 Å². The molecule has 0 spiro atoms. The van der Waals surface area contributed by atoms with Crippen molar-refractivity contribution in [2.24, 2.45) is 7.05 Å². The van der Waals surface area contributed by atoms with Gasteiger partial charge >= 0.3 is 0 Å². The third-order valence-corrected chi connectivity index (χ3v) is 4.84. The molecule has 0 aromatic carbocycles. The second-order valence-electron chi connectivity index (χ2n) is 6.22. The number of fused-ring (bicyclic) bond motifs is 1. The molecule has 2 fully saturated rings. The molecule has 23 heavy (non-hydrogen) atoms. The minimum Gasteiger partial charge on any atom is -0.381 e. The summed E-state index contributed by atoms with van der Waals surface area (Å²) in [5.41, 5.74) is 1.75. The van der Waals surface area contributed by atoms with Gasteiger partial charge in [-0.05, 0) is 25.3 Å². The Balaban J connectivity index is 1.51. The fraction of sp³-hybridized carbons (Fsp3) is 0.562. The van der Waals surface area contributed by atoms with E-state index < -0.39 is 0 Å². The maximum atomic E-state index is 12.7. The second-order valence-corrected chi connectivity index (χ2v) is 6.22. The van der Waals surface area contributed by atoms with E-state index in [1.807, 2.05) is 18.0 Å². The SMILES string of the molecule is Cn1ncc2c(NC3CCN(C4CCOCC4)C3=O)ccnc21. The Morgan fingerprint density at radius 2 is 2.13 bits per heavy atom. The number of hydrogen-bond donors (Lipinski definition) is 1. The first-order valence-corrected chi connectivity index (χ1v) is 8.15. The van der Waals surface area contributed by atoms with Crippen molar-refractivity contribution < 1.29 is 9.53 Å². The first-order chi connectivity index (χ1) is 11.2. The number of carbonyl (C=O) groups excluding carboxylic acids is 1. The normalized spacial score (nSPS) is 22.9. The standard InChI is InChI=1S/C16H21N5O2/c1-20-15-12(10-18-20)13(2-6-17-15)19-14-3-7-21(16(14)22)11-4-8-23-9-5-11/h2,6,10-11,14H,3-5,7-9H2,1H3,(H,17,19). The Labute approximate surface area is 134 Å². The van der Waals surface area contributed by atoms with Gasteiger partial charge in [0.15, 0.2) is 5.65 Å². The lowest BCUT2D eigenvalue weighted by molar-refractivity contribution is -0.131. The highest BCUT2D eigenvalue weighted by Gasteiger charge is 2.36. The smallest absolute Gasteiger partial charge is 0.245 e. The molecule has 0 aliphatic carbocycles. The van der Waals surface area contributed by atoms with Gasteiger partial charge in [-0.1, -0.05) is 0 Å². The maximum absolute atomic E-state index is 12.7. The lowest BCUT2D eigenvalue weighted by Gasteiger charge is -2.31. The van der Waals surface area contributed by atoms with Gasteiger partial charge in [0.1, 0.15) is 6.04 Å². The number of rotatable bonds is 3. The van der Waals surface area contributed by atoms with Crippen LogP contribution >= 0.6 is 0 Å². The van der Waals surface area contributed by atoms with Gasteiger partial charge in [-0.2, -0.15) is 5.10 Å². The molecule has 4 rings (SSSR count). The number of anilines is 1. The Morgan fingerprint density at radius 3 is 2.96 bits per heavy atom. The number of hydrogen-bond acceptors (Lipinski definition) is 5. The summed E-state index contributed by atoms with van der Waals surface area (Å²) < 4.78 is 7.14. The minimum absolute atomic E-state index is 0.163. The Hall–Kier alpha value is -2.15. The number of aryl methyl sites for hydroxylation is 1. The van der Waals surface area contributed by atoms with Gasteiger partial charge < -0.3 is 15.0 Å². The molecule has 1 atom stereocenters. The van der Waals surface area contributed by atoms with E-state index in [2.05, 4.69) is 15.4 Å². The summed E-state index contributed by atoms with van der Waals surface area (Å²) in [6.07, 6.45) is 6.27. The monoisotopic (exact) mass is 315 g/mol. The average molecular weight is 315 g/mol. The molecule has 4 heterocycles. The van der Waals surface area contributed by atoms with E-state index in [4.69, 9.17) is 4.74 Å². The van der Waals surface area contributed by atoms with Crippen molar-refractivity contribution >= 4 is 22.6 Å². The van der Waals surface area contributed by atoms with Crippen molar-refractivity contribution in [1.82, 2.24) is 19.7 Å². The van der Waals surface area contributed by atoms with Crippen LogP contribution in [0.25, 0.3) is 11.0 Å². The van der Waals surface area contributed by atoms with E-state index in [1.54, 1.807) is 17.1 Å². The van der Waals surface area contributed by atoms with Crippen LogP contribution in [0.3, 0.4) is 0 Å². The molecule has 2 saturated heterocycles. The Kier molecular flexibility index (Phi) is 3.65. The first kappa shape index (κ1) is 14.4. The van der Waals surface area contributed by atoms with Crippen LogP contribution < -0.4 is 5.32 Å². The predicted octanol–water partition coefficient (Wildman–Crippen LogP) is 1.16. The van der Waals surface area contributed by atoms with Crippen molar-refractivity contribution in [3.8, 4) is 0 Å². The highest BCUT2D eigenvalue weighted by Crippen LogP contribution is 2.26. The molecule has 1 unspecified atom stereocenters. The van der Waals surface area contributed by atoms with Gasteiger partial charge in [0.25, 0.3) is 0 Å². The summed E-state index contributed by atoms with van der Waals surface area (Å²) in [5, 5.41) is 8.59. The van der Waals surface area contributed by atoms with E-state index in [-0.39, 0.29) is 11.9 Å². The Bertz CT molecular complexity index is 722.